The number of anilines is 1. The maximum absolute atomic E-state index is 12.3. The molecule has 0 aliphatic heterocycles. The molecule has 2 aromatic carbocycles. The molecule has 0 aliphatic rings. The summed E-state index contributed by atoms with van der Waals surface area (Å²) in [6.45, 7) is 0.920. The largest absolute Gasteiger partial charge is 0.495 e. The van der Waals surface area contributed by atoms with Gasteiger partial charge in [-0.2, -0.15) is 5.26 Å². The van der Waals surface area contributed by atoms with Crippen LogP contribution in [0.25, 0.3) is 0 Å². The van der Waals surface area contributed by atoms with Gasteiger partial charge in [0, 0.05) is 24.3 Å². The number of amides is 1. The van der Waals surface area contributed by atoms with Gasteiger partial charge in [-0.25, -0.2) is 0 Å². The van der Waals surface area contributed by atoms with Crippen molar-refractivity contribution in [1.82, 2.24) is 5.32 Å². The Kier molecular flexibility index (Phi) is 7.03. The van der Waals surface area contributed by atoms with E-state index in [0.717, 1.165) is 11.1 Å². The summed E-state index contributed by atoms with van der Waals surface area (Å²) in [4.78, 5) is 12.3. The van der Waals surface area contributed by atoms with Crippen LogP contribution in [0.5, 0.6) is 5.75 Å². The summed E-state index contributed by atoms with van der Waals surface area (Å²) in [5.41, 5.74) is 7.95. The SMILES string of the molecule is COc1ccc(Cl)cc1NC(=O)/C(C#N)=C\NCc1cccc(CN)c1. The third kappa shape index (κ3) is 5.24. The van der Waals surface area contributed by atoms with E-state index >= 15 is 0 Å². The Hall–Kier alpha value is -3.01. The summed E-state index contributed by atoms with van der Waals surface area (Å²) in [7, 11) is 1.48. The number of halogens is 1. The maximum atomic E-state index is 12.3. The lowest BCUT2D eigenvalue weighted by Gasteiger charge is -2.10. The van der Waals surface area contributed by atoms with Gasteiger partial charge in [0.15, 0.2) is 0 Å². The number of rotatable bonds is 7. The van der Waals surface area contributed by atoms with Crippen LogP contribution < -0.4 is 21.1 Å². The van der Waals surface area contributed by atoms with E-state index in [1.165, 1.54) is 13.3 Å². The van der Waals surface area contributed by atoms with Gasteiger partial charge in [-0.3, -0.25) is 4.79 Å². The van der Waals surface area contributed by atoms with Crippen LogP contribution in [0.3, 0.4) is 0 Å². The standard InChI is InChI=1S/C19H19ClN4O2/c1-26-18-6-5-16(20)8-17(18)24-19(25)15(10-22)12-23-11-14-4-2-3-13(7-14)9-21/h2-8,12,23H,9,11,21H2,1H3,(H,24,25)/b15-12-. The van der Waals surface area contributed by atoms with Crippen LogP contribution >= 0.6 is 11.6 Å². The lowest BCUT2D eigenvalue weighted by atomic mass is 10.1. The first-order valence-corrected chi connectivity index (χ1v) is 8.21. The van der Waals surface area contributed by atoms with E-state index < -0.39 is 5.91 Å². The van der Waals surface area contributed by atoms with Gasteiger partial charge in [-0.1, -0.05) is 35.9 Å². The van der Waals surface area contributed by atoms with Crippen molar-refractivity contribution >= 4 is 23.2 Å². The first-order valence-electron chi connectivity index (χ1n) is 7.83. The zero-order valence-corrected chi connectivity index (χ0v) is 15.0. The number of carbonyl (C=O) groups is 1. The highest BCUT2D eigenvalue weighted by Crippen LogP contribution is 2.27. The summed E-state index contributed by atoms with van der Waals surface area (Å²) >= 11 is 5.94. The van der Waals surface area contributed by atoms with Crippen molar-refractivity contribution < 1.29 is 9.53 Å². The smallest absolute Gasteiger partial charge is 0.267 e. The normalized spacial score (nSPS) is 10.8. The number of hydrogen-bond donors (Lipinski definition) is 3. The molecule has 0 saturated heterocycles. The highest BCUT2D eigenvalue weighted by atomic mass is 35.5. The van der Waals surface area contributed by atoms with Crippen LogP contribution in [-0.4, -0.2) is 13.0 Å². The fraction of sp³-hybridized carbons (Fsp3) is 0.158. The van der Waals surface area contributed by atoms with Crippen LogP contribution in [0.4, 0.5) is 5.69 Å². The third-order valence-electron chi connectivity index (χ3n) is 3.55. The Bertz CT molecular complexity index is 859. The molecule has 0 heterocycles. The number of carbonyl (C=O) groups excluding carboxylic acids is 1. The molecule has 0 aliphatic carbocycles. The minimum absolute atomic E-state index is 0.0676. The van der Waals surface area contributed by atoms with Gasteiger partial charge in [0.1, 0.15) is 17.4 Å². The molecule has 7 heteroatoms. The van der Waals surface area contributed by atoms with Crippen LogP contribution in [0, 0.1) is 11.3 Å². The molecule has 26 heavy (non-hydrogen) atoms. The maximum Gasteiger partial charge on any atom is 0.267 e. The molecule has 0 atom stereocenters. The van der Waals surface area contributed by atoms with Crippen molar-refractivity contribution in [2.45, 2.75) is 13.1 Å². The highest BCUT2D eigenvalue weighted by Gasteiger charge is 2.12. The summed E-state index contributed by atoms with van der Waals surface area (Å²) in [6, 6.07) is 14.5. The van der Waals surface area contributed by atoms with Crippen LogP contribution in [0.2, 0.25) is 5.02 Å². The van der Waals surface area contributed by atoms with Crippen molar-refractivity contribution in [2.24, 2.45) is 5.73 Å². The monoisotopic (exact) mass is 370 g/mol. The molecule has 0 fully saturated rings. The number of nitriles is 1. The van der Waals surface area contributed by atoms with E-state index in [1.807, 2.05) is 30.3 Å². The molecule has 2 aromatic rings. The molecule has 2 rings (SSSR count). The number of nitrogens with two attached hydrogens (primary N) is 1. The van der Waals surface area contributed by atoms with Crippen LogP contribution in [-0.2, 0) is 17.9 Å². The molecule has 0 saturated carbocycles. The highest BCUT2D eigenvalue weighted by molar-refractivity contribution is 6.31. The molecule has 1 amide bonds. The third-order valence-corrected chi connectivity index (χ3v) is 3.79. The number of hydrogen-bond acceptors (Lipinski definition) is 5. The zero-order valence-electron chi connectivity index (χ0n) is 14.3. The van der Waals surface area contributed by atoms with Gasteiger partial charge in [-0.15, -0.1) is 0 Å². The van der Waals surface area contributed by atoms with E-state index in [2.05, 4.69) is 10.6 Å². The van der Waals surface area contributed by atoms with Gasteiger partial charge in [0.25, 0.3) is 5.91 Å². The summed E-state index contributed by atoms with van der Waals surface area (Å²) in [5.74, 6) is -0.108. The molecular weight excluding hydrogens is 352 g/mol. The molecular formula is C19H19ClN4O2. The minimum atomic E-state index is -0.559. The van der Waals surface area contributed by atoms with Crippen molar-refractivity contribution in [1.29, 1.82) is 5.26 Å². The van der Waals surface area contributed by atoms with Gasteiger partial charge >= 0.3 is 0 Å². The van der Waals surface area contributed by atoms with Gasteiger partial charge < -0.3 is 21.1 Å². The van der Waals surface area contributed by atoms with E-state index in [0.29, 0.717) is 29.5 Å². The Morgan fingerprint density at radius 3 is 2.77 bits per heavy atom. The quantitative estimate of drug-likeness (QED) is 0.514. The summed E-state index contributed by atoms with van der Waals surface area (Å²) in [5, 5.41) is 15.3. The number of benzene rings is 2. The zero-order chi connectivity index (χ0) is 18.9. The summed E-state index contributed by atoms with van der Waals surface area (Å²) in [6.07, 6.45) is 1.38. The Balaban J connectivity index is 2.05. The second kappa shape index (κ2) is 9.47. The predicted octanol–water partition coefficient (Wildman–Crippen LogP) is 2.94. The number of nitrogens with one attached hydrogen (secondary N) is 2. The van der Waals surface area contributed by atoms with Crippen LogP contribution in [0.15, 0.2) is 54.2 Å². The fourth-order valence-corrected chi connectivity index (χ4v) is 2.43. The first-order chi connectivity index (χ1) is 12.6. The molecule has 0 aromatic heterocycles. The fourth-order valence-electron chi connectivity index (χ4n) is 2.25. The van der Waals surface area contributed by atoms with Crippen molar-refractivity contribution in [2.75, 3.05) is 12.4 Å². The van der Waals surface area contributed by atoms with Crippen molar-refractivity contribution in [3.63, 3.8) is 0 Å². The number of methoxy groups -OCH3 is 1. The molecule has 6 nitrogen and oxygen atoms in total. The molecule has 4 N–H and O–H groups in total. The van der Waals surface area contributed by atoms with E-state index in [4.69, 9.17) is 22.1 Å². The topological polar surface area (TPSA) is 100 Å². The summed E-state index contributed by atoms with van der Waals surface area (Å²) < 4.78 is 5.17. The predicted molar refractivity (Wildman–Crippen MR) is 102 cm³/mol. The lowest BCUT2D eigenvalue weighted by molar-refractivity contribution is -0.112. The van der Waals surface area contributed by atoms with Gasteiger partial charge in [0.2, 0.25) is 0 Å². The average Bonchev–Trinajstić information content (AvgIpc) is 2.65. The number of ether oxygens (including phenoxy) is 1. The molecule has 0 unspecified atom stereocenters. The lowest BCUT2D eigenvalue weighted by Crippen LogP contribution is -2.17. The Morgan fingerprint density at radius 1 is 1.31 bits per heavy atom. The molecule has 0 radical (unpaired) electrons. The second-order valence-corrected chi connectivity index (χ2v) is 5.81. The Labute approximate surface area is 157 Å². The van der Waals surface area contributed by atoms with E-state index in [9.17, 15) is 10.1 Å². The van der Waals surface area contributed by atoms with Crippen LogP contribution in [0.1, 0.15) is 11.1 Å². The van der Waals surface area contributed by atoms with Gasteiger partial charge in [-0.05, 0) is 29.3 Å². The molecule has 0 spiro atoms. The number of nitrogens with zero attached hydrogens (tertiary/aromatic N) is 1. The molecule has 134 valence electrons. The Morgan fingerprint density at radius 2 is 2.08 bits per heavy atom. The van der Waals surface area contributed by atoms with Crippen molar-refractivity contribution in [3.8, 4) is 11.8 Å². The minimum Gasteiger partial charge on any atom is -0.495 e. The first kappa shape index (κ1) is 19.3. The average molecular weight is 371 g/mol. The van der Waals surface area contributed by atoms with E-state index in [-0.39, 0.29) is 5.57 Å². The van der Waals surface area contributed by atoms with E-state index in [1.54, 1.807) is 18.2 Å². The van der Waals surface area contributed by atoms with Gasteiger partial charge in [0.05, 0.1) is 12.8 Å². The molecule has 0 bridgehead atoms. The second-order valence-electron chi connectivity index (χ2n) is 5.37. The van der Waals surface area contributed by atoms with Crippen molar-refractivity contribution in [3.05, 3.63) is 70.4 Å².